The molecule has 0 aliphatic carbocycles. The smallest absolute Gasteiger partial charge is 0.135 e. The molecule has 18 heavy (non-hydrogen) atoms. The van der Waals surface area contributed by atoms with Crippen molar-refractivity contribution in [2.45, 2.75) is 65.6 Å². The van der Waals surface area contributed by atoms with Crippen molar-refractivity contribution >= 4 is 5.82 Å². The molecule has 0 radical (unpaired) electrons. The molecule has 0 amide bonds. The summed E-state index contributed by atoms with van der Waals surface area (Å²) in [4.78, 5) is 7.12. The van der Waals surface area contributed by atoms with Crippen LogP contribution in [0.1, 0.15) is 49.9 Å². The van der Waals surface area contributed by atoms with E-state index in [1.54, 1.807) is 0 Å². The number of pyridine rings is 1. The Hall–Kier alpha value is -1.09. The Morgan fingerprint density at radius 2 is 2.11 bits per heavy atom. The highest BCUT2D eigenvalue weighted by Gasteiger charge is 2.32. The van der Waals surface area contributed by atoms with Crippen LogP contribution in [0.15, 0.2) is 6.07 Å². The van der Waals surface area contributed by atoms with Gasteiger partial charge in [0, 0.05) is 23.3 Å². The van der Waals surface area contributed by atoms with Gasteiger partial charge in [0.1, 0.15) is 5.82 Å². The van der Waals surface area contributed by atoms with Crippen molar-refractivity contribution in [1.29, 1.82) is 0 Å². The Morgan fingerprint density at radius 1 is 1.39 bits per heavy atom. The van der Waals surface area contributed by atoms with E-state index in [2.05, 4.69) is 31.7 Å². The second kappa shape index (κ2) is 5.27. The van der Waals surface area contributed by atoms with Crippen LogP contribution in [0.4, 0.5) is 5.82 Å². The fourth-order valence-corrected chi connectivity index (χ4v) is 3.11. The largest absolute Gasteiger partial charge is 0.392 e. The lowest BCUT2D eigenvalue weighted by Gasteiger charge is -2.31. The minimum absolute atomic E-state index is 0.0775. The van der Waals surface area contributed by atoms with E-state index >= 15 is 0 Å². The third kappa shape index (κ3) is 2.24. The topological polar surface area (TPSA) is 36.4 Å². The van der Waals surface area contributed by atoms with Crippen LogP contribution < -0.4 is 4.90 Å². The molecule has 0 aromatic carbocycles. The van der Waals surface area contributed by atoms with E-state index < -0.39 is 0 Å². The van der Waals surface area contributed by atoms with Gasteiger partial charge in [0.15, 0.2) is 0 Å². The highest BCUT2D eigenvalue weighted by atomic mass is 16.3. The molecule has 2 heterocycles. The number of aryl methyl sites for hydroxylation is 2. The summed E-state index contributed by atoms with van der Waals surface area (Å²) < 4.78 is 0. The Bertz CT molecular complexity index is 431. The third-order valence-corrected chi connectivity index (χ3v) is 4.11. The zero-order valence-electron chi connectivity index (χ0n) is 11.9. The highest BCUT2D eigenvalue weighted by Crippen LogP contribution is 2.34. The first-order valence-corrected chi connectivity index (χ1v) is 6.94. The van der Waals surface area contributed by atoms with E-state index in [0.29, 0.717) is 12.1 Å². The first-order chi connectivity index (χ1) is 8.58. The molecule has 0 bridgehead atoms. The number of nitrogens with zero attached hydrogens (tertiary/aromatic N) is 2. The number of hydrogen-bond donors (Lipinski definition) is 1. The number of aliphatic hydroxyl groups is 1. The summed E-state index contributed by atoms with van der Waals surface area (Å²) in [6.45, 7) is 8.66. The molecule has 3 heteroatoms. The Balaban J connectivity index is 2.48. The summed E-state index contributed by atoms with van der Waals surface area (Å²) in [6.07, 6.45) is 3.60. The average Bonchev–Trinajstić information content (AvgIpc) is 2.69. The standard InChI is InChI=1S/C15H24N2O/c1-5-13-7-6-12(4)17(13)15-14(9-18)10(2)8-11(3)16-15/h8,12-13,18H,5-7,9H2,1-4H3. The van der Waals surface area contributed by atoms with E-state index in [1.165, 1.54) is 12.8 Å². The van der Waals surface area contributed by atoms with Gasteiger partial charge in [-0.1, -0.05) is 6.92 Å². The fraction of sp³-hybridized carbons (Fsp3) is 0.667. The lowest BCUT2D eigenvalue weighted by atomic mass is 10.1. The summed E-state index contributed by atoms with van der Waals surface area (Å²) in [7, 11) is 0. The van der Waals surface area contributed by atoms with Gasteiger partial charge in [-0.3, -0.25) is 0 Å². The van der Waals surface area contributed by atoms with Crippen molar-refractivity contribution < 1.29 is 5.11 Å². The SMILES string of the molecule is CCC1CCC(C)N1c1nc(C)cc(C)c1CO. The van der Waals surface area contributed by atoms with Gasteiger partial charge in [0.05, 0.1) is 6.61 Å². The van der Waals surface area contributed by atoms with Gasteiger partial charge in [-0.2, -0.15) is 0 Å². The Labute approximate surface area is 110 Å². The molecule has 100 valence electrons. The molecule has 3 nitrogen and oxygen atoms in total. The van der Waals surface area contributed by atoms with Crippen LogP contribution in [0.3, 0.4) is 0 Å². The first kappa shape index (κ1) is 13.3. The van der Waals surface area contributed by atoms with Gasteiger partial charge >= 0.3 is 0 Å². The molecule has 1 aromatic heterocycles. The monoisotopic (exact) mass is 248 g/mol. The molecular formula is C15H24N2O. The molecule has 0 spiro atoms. The number of aliphatic hydroxyl groups excluding tert-OH is 1. The van der Waals surface area contributed by atoms with E-state index in [9.17, 15) is 5.11 Å². The molecule has 0 saturated carbocycles. The lowest BCUT2D eigenvalue weighted by Crippen LogP contribution is -2.36. The summed E-state index contributed by atoms with van der Waals surface area (Å²) in [5, 5.41) is 9.63. The van der Waals surface area contributed by atoms with Gasteiger partial charge in [-0.05, 0) is 51.7 Å². The van der Waals surface area contributed by atoms with Gasteiger partial charge < -0.3 is 10.0 Å². The van der Waals surface area contributed by atoms with Crippen molar-refractivity contribution in [3.63, 3.8) is 0 Å². The second-order valence-corrected chi connectivity index (χ2v) is 5.44. The fourth-order valence-electron chi connectivity index (χ4n) is 3.11. The highest BCUT2D eigenvalue weighted by molar-refractivity contribution is 5.53. The molecule has 2 unspecified atom stereocenters. The molecule has 1 saturated heterocycles. The zero-order chi connectivity index (χ0) is 13.3. The van der Waals surface area contributed by atoms with Crippen molar-refractivity contribution in [3.8, 4) is 0 Å². The predicted molar refractivity (Wildman–Crippen MR) is 74.9 cm³/mol. The quantitative estimate of drug-likeness (QED) is 0.893. The minimum Gasteiger partial charge on any atom is -0.392 e. The second-order valence-electron chi connectivity index (χ2n) is 5.44. The Kier molecular flexibility index (Phi) is 3.91. The van der Waals surface area contributed by atoms with E-state index in [-0.39, 0.29) is 6.61 Å². The van der Waals surface area contributed by atoms with Crippen molar-refractivity contribution in [1.82, 2.24) is 4.98 Å². The van der Waals surface area contributed by atoms with E-state index in [1.807, 2.05) is 6.92 Å². The zero-order valence-corrected chi connectivity index (χ0v) is 11.9. The van der Waals surface area contributed by atoms with Gasteiger partial charge in [-0.25, -0.2) is 4.98 Å². The summed E-state index contributed by atoms with van der Waals surface area (Å²) in [6, 6.07) is 3.14. The third-order valence-electron chi connectivity index (χ3n) is 4.11. The lowest BCUT2D eigenvalue weighted by molar-refractivity contribution is 0.280. The maximum Gasteiger partial charge on any atom is 0.135 e. The maximum atomic E-state index is 9.63. The first-order valence-electron chi connectivity index (χ1n) is 6.94. The summed E-state index contributed by atoms with van der Waals surface area (Å²) in [5.41, 5.74) is 3.18. The van der Waals surface area contributed by atoms with E-state index in [4.69, 9.17) is 4.98 Å². The molecule has 1 aliphatic heterocycles. The molecule has 2 rings (SSSR count). The number of hydrogen-bond acceptors (Lipinski definition) is 3. The van der Waals surface area contributed by atoms with Crippen LogP contribution >= 0.6 is 0 Å². The molecule has 2 atom stereocenters. The molecule has 1 fully saturated rings. The molecule has 1 aliphatic rings. The van der Waals surface area contributed by atoms with Crippen LogP contribution in [-0.2, 0) is 6.61 Å². The van der Waals surface area contributed by atoms with Crippen molar-refractivity contribution in [3.05, 3.63) is 22.9 Å². The normalized spacial score (nSPS) is 23.7. The number of aromatic nitrogens is 1. The Morgan fingerprint density at radius 3 is 2.72 bits per heavy atom. The van der Waals surface area contributed by atoms with Crippen LogP contribution in [0.2, 0.25) is 0 Å². The summed E-state index contributed by atoms with van der Waals surface area (Å²) in [5.74, 6) is 1.01. The van der Waals surface area contributed by atoms with Gasteiger partial charge in [0.2, 0.25) is 0 Å². The summed E-state index contributed by atoms with van der Waals surface area (Å²) >= 11 is 0. The van der Waals surface area contributed by atoms with Crippen LogP contribution in [0.25, 0.3) is 0 Å². The van der Waals surface area contributed by atoms with Gasteiger partial charge in [0.25, 0.3) is 0 Å². The minimum atomic E-state index is 0.0775. The molecule has 1 N–H and O–H groups in total. The maximum absolute atomic E-state index is 9.63. The van der Waals surface area contributed by atoms with Crippen LogP contribution in [0.5, 0.6) is 0 Å². The predicted octanol–water partition coefficient (Wildman–Crippen LogP) is 2.96. The van der Waals surface area contributed by atoms with Crippen LogP contribution in [0, 0.1) is 13.8 Å². The van der Waals surface area contributed by atoms with Crippen LogP contribution in [-0.4, -0.2) is 22.2 Å². The number of rotatable bonds is 3. The molecule has 1 aromatic rings. The van der Waals surface area contributed by atoms with Crippen molar-refractivity contribution in [2.75, 3.05) is 4.90 Å². The van der Waals surface area contributed by atoms with Crippen molar-refractivity contribution in [2.24, 2.45) is 0 Å². The number of anilines is 1. The average molecular weight is 248 g/mol. The van der Waals surface area contributed by atoms with Gasteiger partial charge in [-0.15, -0.1) is 0 Å². The molecular weight excluding hydrogens is 224 g/mol. The van der Waals surface area contributed by atoms with E-state index in [0.717, 1.165) is 29.1 Å².